The van der Waals surface area contributed by atoms with Gasteiger partial charge in [0.25, 0.3) is 5.91 Å². The molecule has 1 aliphatic heterocycles. The van der Waals surface area contributed by atoms with Crippen LogP contribution in [0.25, 0.3) is 0 Å². The van der Waals surface area contributed by atoms with Crippen molar-refractivity contribution in [3.8, 4) is 17.6 Å². The van der Waals surface area contributed by atoms with Crippen LogP contribution in [-0.4, -0.2) is 30.4 Å². The molecule has 2 aromatic rings. The lowest BCUT2D eigenvalue weighted by atomic mass is 9.81. The van der Waals surface area contributed by atoms with Gasteiger partial charge < -0.3 is 10.5 Å². The Bertz CT molecular complexity index is 1180. The van der Waals surface area contributed by atoms with Crippen LogP contribution in [0.3, 0.4) is 0 Å². The van der Waals surface area contributed by atoms with Gasteiger partial charge in [0.1, 0.15) is 5.75 Å². The lowest BCUT2D eigenvalue weighted by Crippen LogP contribution is -2.41. The van der Waals surface area contributed by atoms with Crippen LogP contribution in [-0.2, 0) is 10.3 Å². The van der Waals surface area contributed by atoms with E-state index < -0.39 is 12.2 Å². The second kappa shape index (κ2) is 7.63. The van der Waals surface area contributed by atoms with Crippen molar-refractivity contribution in [2.45, 2.75) is 43.8 Å². The van der Waals surface area contributed by atoms with Gasteiger partial charge in [0.2, 0.25) is 0 Å². The summed E-state index contributed by atoms with van der Waals surface area (Å²) in [4.78, 5) is 19.5. The molecule has 0 radical (unpaired) electrons. The molecule has 32 heavy (non-hydrogen) atoms. The minimum absolute atomic E-state index is 0.102. The molecule has 3 aliphatic rings. The van der Waals surface area contributed by atoms with E-state index in [9.17, 15) is 13.6 Å². The third kappa shape index (κ3) is 3.60. The van der Waals surface area contributed by atoms with Crippen LogP contribution in [0.15, 0.2) is 47.5 Å². The van der Waals surface area contributed by atoms with Gasteiger partial charge >= 0.3 is 6.61 Å². The van der Waals surface area contributed by atoms with Crippen molar-refractivity contribution in [2.24, 2.45) is 16.6 Å². The molecule has 2 N–H and O–H groups in total. The van der Waals surface area contributed by atoms with Crippen molar-refractivity contribution in [1.82, 2.24) is 4.90 Å². The van der Waals surface area contributed by atoms with Crippen molar-refractivity contribution in [2.75, 3.05) is 7.05 Å². The summed E-state index contributed by atoms with van der Waals surface area (Å²) in [6.45, 7) is -2.91. The minimum atomic E-state index is -2.91. The number of halogens is 2. The lowest BCUT2D eigenvalue weighted by Gasteiger charge is -2.27. The lowest BCUT2D eigenvalue weighted by molar-refractivity contribution is -0.129. The number of nitrogens with zero attached hydrogens (tertiary/aromatic N) is 2. The van der Waals surface area contributed by atoms with Gasteiger partial charge in [-0.3, -0.25) is 9.69 Å². The molecule has 2 saturated carbocycles. The van der Waals surface area contributed by atoms with Crippen LogP contribution in [0.4, 0.5) is 8.78 Å². The zero-order valence-electron chi connectivity index (χ0n) is 17.6. The number of carbonyl (C=O) groups is 1. The molecule has 0 aromatic heterocycles. The summed E-state index contributed by atoms with van der Waals surface area (Å²) in [6, 6.07) is 12.3. The number of carbonyl (C=O) groups excluding carboxylic acids is 1. The zero-order chi connectivity index (χ0) is 22.5. The summed E-state index contributed by atoms with van der Waals surface area (Å²) in [5, 5.41) is 0. The van der Waals surface area contributed by atoms with Crippen LogP contribution in [0, 0.1) is 17.8 Å². The van der Waals surface area contributed by atoms with E-state index in [4.69, 9.17) is 10.5 Å². The highest BCUT2D eigenvalue weighted by Crippen LogP contribution is 2.48. The van der Waals surface area contributed by atoms with Gasteiger partial charge in [0.05, 0.1) is 0 Å². The van der Waals surface area contributed by atoms with Crippen LogP contribution in [0.5, 0.6) is 5.75 Å². The topological polar surface area (TPSA) is 67.9 Å². The molecule has 5 rings (SSSR count). The number of hydrogen-bond donors (Lipinski definition) is 1. The number of benzene rings is 2. The average Bonchev–Trinajstić information content (AvgIpc) is 3.69. The third-order valence-corrected chi connectivity index (χ3v) is 6.18. The average molecular weight is 435 g/mol. The quantitative estimate of drug-likeness (QED) is 0.723. The predicted molar refractivity (Wildman–Crippen MR) is 116 cm³/mol. The summed E-state index contributed by atoms with van der Waals surface area (Å²) < 4.78 is 30.6. The molecule has 2 aliphatic carbocycles. The van der Waals surface area contributed by atoms with Gasteiger partial charge in [-0.15, -0.1) is 0 Å². The molecule has 1 unspecified atom stereocenters. The molecule has 0 bridgehead atoms. The van der Waals surface area contributed by atoms with E-state index in [1.54, 1.807) is 19.2 Å². The SMILES string of the molecule is CN1C(=O)C(c2cccc(C#CC3CC3)c2)(c2ccc(OC(F)F)c(C3CC3)c2)N=C1N. The van der Waals surface area contributed by atoms with E-state index in [1.807, 2.05) is 24.3 Å². The maximum absolute atomic E-state index is 13.5. The highest BCUT2D eigenvalue weighted by atomic mass is 19.3. The first kappa shape index (κ1) is 20.5. The molecule has 1 amide bonds. The maximum atomic E-state index is 13.5. The number of alkyl halides is 2. The van der Waals surface area contributed by atoms with E-state index in [2.05, 4.69) is 16.8 Å². The van der Waals surface area contributed by atoms with Gasteiger partial charge in [0, 0.05) is 18.5 Å². The number of aliphatic imine (C=N–C) groups is 1. The van der Waals surface area contributed by atoms with Gasteiger partial charge in [-0.25, -0.2) is 4.99 Å². The Kier molecular flexibility index (Phi) is 4.89. The van der Waals surface area contributed by atoms with E-state index in [0.29, 0.717) is 22.6 Å². The predicted octanol–water partition coefficient (Wildman–Crippen LogP) is 3.96. The monoisotopic (exact) mass is 435 g/mol. The Morgan fingerprint density at radius 2 is 1.91 bits per heavy atom. The number of guanidine groups is 1. The summed E-state index contributed by atoms with van der Waals surface area (Å²) in [5.41, 5.74) is 7.35. The van der Waals surface area contributed by atoms with Crippen LogP contribution in [0.2, 0.25) is 0 Å². The van der Waals surface area contributed by atoms with Crippen LogP contribution in [0.1, 0.15) is 53.9 Å². The van der Waals surface area contributed by atoms with E-state index in [0.717, 1.165) is 31.2 Å². The molecule has 0 spiro atoms. The molecule has 2 fully saturated rings. The molecule has 7 heteroatoms. The number of amides is 1. The Labute approximate surface area is 185 Å². The molecular weight excluding hydrogens is 412 g/mol. The van der Waals surface area contributed by atoms with Crippen molar-refractivity contribution < 1.29 is 18.3 Å². The largest absolute Gasteiger partial charge is 0.435 e. The Hall–Kier alpha value is -3.40. The summed E-state index contributed by atoms with van der Waals surface area (Å²) >= 11 is 0. The standard InChI is InChI=1S/C25H23F2N3O2/c1-30-22(31)25(29-24(30)28,18-4-2-3-16(13-18)8-7-15-5-6-15)19-11-12-21(32-23(26)27)20(14-19)17-9-10-17/h2-4,11-15,17,23H,5-6,9-10H2,1H3,(H2,28,29). The molecule has 1 heterocycles. The van der Waals surface area contributed by atoms with Crippen molar-refractivity contribution in [1.29, 1.82) is 0 Å². The van der Waals surface area contributed by atoms with Gasteiger partial charge in [0.15, 0.2) is 11.5 Å². The van der Waals surface area contributed by atoms with Crippen molar-refractivity contribution in [3.05, 3.63) is 64.7 Å². The molecule has 0 saturated heterocycles. The number of nitrogens with two attached hydrogens (primary N) is 1. The van der Waals surface area contributed by atoms with Crippen molar-refractivity contribution in [3.63, 3.8) is 0 Å². The Balaban J connectivity index is 1.65. The number of rotatable bonds is 5. The molecule has 5 nitrogen and oxygen atoms in total. The normalized spacial score (nSPS) is 22.6. The second-order valence-electron chi connectivity index (χ2n) is 8.57. The molecular formula is C25H23F2N3O2. The Morgan fingerprint density at radius 3 is 2.53 bits per heavy atom. The van der Waals surface area contributed by atoms with Gasteiger partial charge in [-0.2, -0.15) is 8.78 Å². The van der Waals surface area contributed by atoms with Crippen LogP contribution < -0.4 is 10.5 Å². The fraction of sp³-hybridized carbons (Fsp3) is 0.360. The summed E-state index contributed by atoms with van der Waals surface area (Å²) in [5.74, 6) is 6.95. The minimum Gasteiger partial charge on any atom is -0.435 e. The first-order valence-corrected chi connectivity index (χ1v) is 10.7. The van der Waals surface area contributed by atoms with E-state index >= 15 is 0 Å². The molecule has 1 atom stereocenters. The maximum Gasteiger partial charge on any atom is 0.387 e. The number of ether oxygens (including phenoxy) is 1. The summed E-state index contributed by atoms with van der Waals surface area (Å²) in [7, 11) is 1.58. The van der Waals surface area contributed by atoms with E-state index in [-0.39, 0.29) is 23.5 Å². The first-order chi connectivity index (χ1) is 15.4. The van der Waals surface area contributed by atoms with E-state index in [1.165, 1.54) is 11.0 Å². The fourth-order valence-electron chi connectivity index (χ4n) is 4.11. The number of likely N-dealkylation sites (N-methyl/N-ethyl adjacent to an activating group) is 1. The second-order valence-corrected chi connectivity index (χ2v) is 8.57. The smallest absolute Gasteiger partial charge is 0.387 e. The first-order valence-electron chi connectivity index (χ1n) is 10.7. The fourth-order valence-corrected chi connectivity index (χ4v) is 4.11. The summed E-state index contributed by atoms with van der Waals surface area (Å²) in [6.07, 6.45) is 4.03. The Morgan fingerprint density at radius 1 is 1.16 bits per heavy atom. The van der Waals surface area contributed by atoms with Crippen LogP contribution >= 0.6 is 0 Å². The molecule has 164 valence electrons. The highest BCUT2D eigenvalue weighted by molar-refractivity contribution is 6.09. The number of hydrogen-bond acceptors (Lipinski definition) is 4. The van der Waals surface area contributed by atoms with Gasteiger partial charge in [-0.05, 0) is 72.6 Å². The van der Waals surface area contributed by atoms with Gasteiger partial charge in [-0.1, -0.05) is 30.0 Å². The third-order valence-electron chi connectivity index (χ3n) is 6.18. The highest BCUT2D eigenvalue weighted by Gasteiger charge is 2.50. The van der Waals surface area contributed by atoms with Crippen molar-refractivity contribution >= 4 is 11.9 Å². The zero-order valence-corrected chi connectivity index (χ0v) is 17.6. The molecule has 2 aromatic carbocycles.